The molecule has 234 valence electrons. The molecule has 4 atom stereocenters. The highest BCUT2D eigenvalue weighted by atomic mass is 16.5. The Bertz CT molecular complexity index is 1390. The first-order valence-electron chi connectivity index (χ1n) is 14.8. The van der Waals surface area contributed by atoms with Gasteiger partial charge >= 0.3 is 12.1 Å². The molecule has 2 aliphatic heterocycles. The van der Waals surface area contributed by atoms with Crippen molar-refractivity contribution in [2.45, 2.75) is 77.2 Å². The summed E-state index contributed by atoms with van der Waals surface area (Å²) in [5.41, 5.74) is 2.54. The summed E-state index contributed by atoms with van der Waals surface area (Å²) in [5, 5.41) is 8.02. The number of esters is 1. The Hall–Kier alpha value is -4.67. The Morgan fingerprint density at radius 1 is 0.909 bits per heavy atom. The van der Waals surface area contributed by atoms with Gasteiger partial charge in [-0.2, -0.15) is 0 Å². The third-order valence-corrected chi connectivity index (χ3v) is 8.00. The van der Waals surface area contributed by atoms with Crippen molar-refractivity contribution in [2.75, 3.05) is 7.11 Å². The smallest absolute Gasteiger partial charge is 0.408 e. The molecule has 4 rings (SSSR count). The van der Waals surface area contributed by atoms with Crippen LogP contribution in [-0.4, -0.2) is 66.0 Å². The lowest BCUT2D eigenvalue weighted by Crippen LogP contribution is -2.56. The molecule has 2 aromatic rings. The zero-order valence-electron chi connectivity index (χ0n) is 25.5. The second-order valence-corrected chi connectivity index (χ2v) is 11.4. The molecule has 2 aliphatic rings. The summed E-state index contributed by atoms with van der Waals surface area (Å²) >= 11 is 0. The number of nitrogens with zero attached hydrogens (tertiary/aromatic N) is 1. The average Bonchev–Trinajstić information content (AvgIpc) is 3.46. The van der Waals surface area contributed by atoms with Gasteiger partial charge in [0.2, 0.25) is 11.8 Å². The molecule has 44 heavy (non-hydrogen) atoms. The first-order valence-corrected chi connectivity index (χ1v) is 14.8. The number of hydrogen-bond donors (Lipinski definition) is 3. The van der Waals surface area contributed by atoms with E-state index >= 15 is 0 Å². The highest BCUT2D eigenvalue weighted by Gasteiger charge is 2.47. The van der Waals surface area contributed by atoms with Gasteiger partial charge in [-0.3, -0.25) is 14.4 Å². The van der Waals surface area contributed by atoms with E-state index in [1.54, 1.807) is 0 Å². The maximum absolute atomic E-state index is 13.9. The number of benzene rings is 2. The van der Waals surface area contributed by atoms with Crippen molar-refractivity contribution in [3.05, 3.63) is 83.1 Å². The van der Waals surface area contributed by atoms with Gasteiger partial charge in [-0.05, 0) is 48.8 Å². The maximum atomic E-state index is 13.9. The quantitative estimate of drug-likeness (QED) is 0.335. The lowest BCUT2D eigenvalue weighted by atomic mass is 9.89. The van der Waals surface area contributed by atoms with Crippen LogP contribution in [0.3, 0.4) is 0 Å². The second kappa shape index (κ2) is 14.7. The van der Waals surface area contributed by atoms with Crippen molar-refractivity contribution in [1.82, 2.24) is 20.9 Å². The number of carbonyl (C=O) groups excluding carboxylic acids is 5. The van der Waals surface area contributed by atoms with E-state index in [0.29, 0.717) is 19.3 Å². The van der Waals surface area contributed by atoms with Crippen LogP contribution in [0.15, 0.2) is 71.9 Å². The van der Waals surface area contributed by atoms with Crippen molar-refractivity contribution in [3.63, 3.8) is 0 Å². The molecule has 4 amide bonds. The van der Waals surface area contributed by atoms with Crippen LogP contribution in [0.5, 0.6) is 0 Å². The minimum absolute atomic E-state index is 0.0436. The van der Waals surface area contributed by atoms with Crippen LogP contribution in [0.1, 0.15) is 51.2 Å². The van der Waals surface area contributed by atoms with E-state index in [2.05, 4.69) is 16.0 Å². The molecule has 0 radical (unpaired) electrons. The largest absolute Gasteiger partial charge is 0.467 e. The van der Waals surface area contributed by atoms with E-state index in [1.807, 2.05) is 74.5 Å². The van der Waals surface area contributed by atoms with Gasteiger partial charge in [0.25, 0.3) is 5.91 Å². The van der Waals surface area contributed by atoms with Crippen LogP contribution < -0.4 is 16.0 Å². The standard InChI is InChI=1S/C33H40N4O7/c1-20(2)25-18-24-15-16-27(30(39)35-26(32(41)43-4)17-22-11-7-5-8-12-22)37(24)31(40)28(25)36-29(38)21(3)34-33(42)44-19-23-13-9-6-10-14-23/h5-14,20-21,24,26-27H,15-19H2,1-4H3,(H,34,42)(H,35,39)(H,36,38)/t21-,24+,26-,27-/m0/s1. The van der Waals surface area contributed by atoms with E-state index in [1.165, 1.54) is 18.9 Å². The molecule has 0 aromatic heterocycles. The van der Waals surface area contributed by atoms with Crippen molar-refractivity contribution >= 4 is 29.8 Å². The van der Waals surface area contributed by atoms with Gasteiger partial charge in [0.1, 0.15) is 30.4 Å². The summed E-state index contributed by atoms with van der Waals surface area (Å²) in [6.45, 7) is 5.42. The van der Waals surface area contributed by atoms with Gasteiger partial charge in [-0.1, -0.05) is 74.5 Å². The highest BCUT2D eigenvalue weighted by molar-refractivity contribution is 6.03. The number of nitrogens with one attached hydrogen (secondary N) is 3. The lowest BCUT2D eigenvalue weighted by molar-refractivity contribution is -0.146. The Balaban J connectivity index is 1.43. The van der Waals surface area contributed by atoms with Gasteiger partial charge < -0.3 is 30.3 Å². The zero-order chi connectivity index (χ0) is 31.8. The Morgan fingerprint density at radius 2 is 1.55 bits per heavy atom. The topological polar surface area (TPSA) is 143 Å². The molecule has 1 fully saturated rings. The third kappa shape index (κ3) is 7.83. The number of rotatable bonds is 11. The maximum Gasteiger partial charge on any atom is 0.408 e. The van der Waals surface area contributed by atoms with Crippen LogP contribution >= 0.6 is 0 Å². The van der Waals surface area contributed by atoms with Gasteiger partial charge in [0, 0.05) is 12.5 Å². The van der Waals surface area contributed by atoms with Gasteiger partial charge in [0.15, 0.2) is 0 Å². The predicted molar refractivity (Wildman–Crippen MR) is 162 cm³/mol. The number of methoxy groups -OCH3 is 1. The molecule has 0 aliphatic carbocycles. The molecule has 0 spiro atoms. The predicted octanol–water partition coefficient (Wildman–Crippen LogP) is 2.99. The van der Waals surface area contributed by atoms with Crippen molar-refractivity contribution < 1.29 is 33.4 Å². The number of hydrogen-bond acceptors (Lipinski definition) is 7. The number of fused-ring (bicyclic) bond motifs is 1. The van der Waals surface area contributed by atoms with Crippen LogP contribution in [0, 0.1) is 5.92 Å². The number of carbonyl (C=O) groups is 5. The van der Waals surface area contributed by atoms with Crippen molar-refractivity contribution in [3.8, 4) is 0 Å². The zero-order valence-corrected chi connectivity index (χ0v) is 25.5. The normalized spacial score (nSPS) is 19.1. The number of amides is 4. The molecule has 0 bridgehead atoms. The van der Waals surface area contributed by atoms with Gasteiger partial charge in [-0.25, -0.2) is 9.59 Å². The molecule has 11 heteroatoms. The summed E-state index contributed by atoms with van der Waals surface area (Å²) in [4.78, 5) is 67.0. The SMILES string of the molecule is COC(=O)[C@H](Cc1ccccc1)NC(=O)[C@@H]1CC[C@@H]2CC(C(C)C)=C(NC(=O)[C@H](C)NC(=O)OCc3ccccc3)C(=O)N21. The summed E-state index contributed by atoms with van der Waals surface area (Å²) in [6, 6.07) is 15.4. The Labute approximate surface area is 257 Å². The van der Waals surface area contributed by atoms with E-state index in [-0.39, 0.29) is 30.7 Å². The van der Waals surface area contributed by atoms with Gasteiger partial charge in [0.05, 0.1) is 7.11 Å². The lowest BCUT2D eigenvalue weighted by Gasteiger charge is -2.37. The summed E-state index contributed by atoms with van der Waals surface area (Å²) in [6.07, 6.45) is 0.985. The molecule has 11 nitrogen and oxygen atoms in total. The second-order valence-electron chi connectivity index (χ2n) is 11.4. The minimum Gasteiger partial charge on any atom is -0.467 e. The summed E-state index contributed by atoms with van der Waals surface area (Å²) in [5.74, 6) is -2.14. The van der Waals surface area contributed by atoms with Crippen LogP contribution in [0.4, 0.5) is 4.79 Å². The van der Waals surface area contributed by atoms with Gasteiger partial charge in [-0.15, -0.1) is 0 Å². The van der Waals surface area contributed by atoms with Crippen molar-refractivity contribution in [2.24, 2.45) is 5.92 Å². The molecule has 0 saturated carbocycles. The van der Waals surface area contributed by atoms with Crippen LogP contribution in [0.25, 0.3) is 0 Å². The first-order chi connectivity index (χ1) is 21.1. The van der Waals surface area contributed by atoms with Crippen LogP contribution in [-0.2, 0) is 41.7 Å². The Kier molecular flexibility index (Phi) is 10.8. The molecule has 0 unspecified atom stereocenters. The molecule has 2 aromatic carbocycles. The van der Waals surface area contributed by atoms with E-state index in [4.69, 9.17) is 9.47 Å². The van der Waals surface area contributed by atoms with Crippen molar-refractivity contribution in [1.29, 1.82) is 0 Å². The fourth-order valence-corrected chi connectivity index (χ4v) is 5.62. The first kappa shape index (κ1) is 32.2. The summed E-state index contributed by atoms with van der Waals surface area (Å²) < 4.78 is 10.2. The highest BCUT2D eigenvalue weighted by Crippen LogP contribution is 2.37. The number of alkyl carbamates (subject to hydrolysis) is 1. The molecule has 2 heterocycles. The fraction of sp³-hybridized carbons (Fsp3) is 0.424. The third-order valence-electron chi connectivity index (χ3n) is 8.00. The monoisotopic (exact) mass is 604 g/mol. The minimum atomic E-state index is -0.999. The molecule has 3 N–H and O–H groups in total. The Morgan fingerprint density at radius 3 is 2.16 bits per heavy atom. The van der Waals surface area contributed by atoms with E-state index in [0.717, 1.165) is 16.7 Å². The molecular formula is C33H40N4O7. The van der Waals surface area contributed by atoms with E-state index in [9.17, 15) is 24.0 Å². The molecule has 1 saturated heterocycles. The fourth-order valence-electron chi connectivity index (χ4n) is 5.62. The van der Waals surface area contributed by atoms with Crippen LogP contribution in [0.2, 0.25) is 0 Å². The average molecular weight is 605 g/mol. The van der Waals surface area contributed by atoms with E-state index < -0.39 is 47.9 Å². The molecular weight excluding hydrogens is 564 g/mol. The summed E-state index contributed by atoms with van der Waals surface area (Å²) in [7, 11) is 1.26. The number of ether oxygens (including phenoxy) is 2.